The van der Waals surface area contributed by atoms with E-state index in [-0.39, 0.29) is 6.04 Å². The molecule has 1 aliphatic rings. The lowest BCUT2D eigenvalue weighted by molar-refractivity contribution is 0.239. The summed E-state index contributed by atoms with van der Waals surface area (Å²) in [4.78, 5) is 2.52. The monoisotopic (exact) mass is 356 g/mol. The molecule has 2 aromatic rings. The summed E-state index contributed by atoms with van der Waals surface area (Å²) in [6, 6.07) is 14.9. The summed E-state index contributed by atoms with van der Waals surface area (Å²) in [5.74, 6) is 2.01. The maximum Gasteiger partial charge on any atom is 0.203 e. The van der Waals surface area contributed by atoms with Crippen molar-refractivity contribution in [1.82, 2.24) is 10.2 Å². The van der Waals surface area contributed by atoms with E-state index < -0.39 is 0 Å². The zero-order valence-corrected chi connectivity index (χ0v) is 15.8. The van der Waals surface area contributed by atoms with Crippen molar-refractivity contribution < 1.29 is 14.2 Å². The lowest BCUT2D eigenvalue weighted by Crippen LogP contribution is -2.33. The number of rotatable bonds is 6. The van der Waals surface area contributed by atoms with Crippen molar-refractivity contribution in [3.8, 4) is 17.2 Å². The van der Waals surface area contributed by atoms with Gasteiger partial charge in [0.2, 0.25) is 5.75 Å². The van der Waals surface area contributed by atoms with Crippen LogP contribution in [0.4, 0.5) is 0 Å². The first-order valence-corrected chi connectivity index (χ1v) is 9.08. The number of benzene rings is 2. The van der Waals surface area contributed by atoms with Crippen LogP contribution in [0, 0.1) is 0 Å². The number of ether oxygens (including phenoxy) is 3. The van der Waals surface area contributed by atoms with Gasteiger partial charge in [-0.3, -0.25) is 4.90 Å². The molecule has 0 radical (unpaired) electrons. The summed E-state index contributed by atoms with van der Waals surface area (Å²) in [6.07, 6.45) is 1.13. The molecular formula is C21H28N2O3. The average molecular weight is 356 g/mol. The van der Waals surface area contributed by atoms with Crippen LogP contribution in [0.2, 0.25) is 0 Å². The molecule has 0 bridgehead atoms. The van der Waals surface area contributed by atoms with Gasteiger partial charge in [0.1, 0.15) is 0 Å². The fraction of sp³-hybridized carbons (Fsp3) is 0.429. The van der Waals surface area contributed by atoms with Gasteiger partial charge in [-0.25, -0.2) is 0 Å². The van der Waals surface area contributed by atoms with Crippen molar-refractivity contribution >= 4 is 0 Å². The molecule has 0 spiro atoms. The molecule has 0 unspecified atom stereocenters. The van der Waals surface area contributed by atoms with E-state index in [0.717, 1.165) is 38.2 Å². The van der Waals surface area contributed by atoms with Crippen LogP contribution in [0.3, 0.4) is 0 Å². The smallest absolute Gasteiger partial charge is 0.203 e. The van der Waals surface area contributed by atoms with Gasteiger partial charge < -0.3 is 19.5 Å². The Hall–Kier alpha value is -2.24. The molecule has 0 amide bonds. The van der Waals surface area contributed by atoms with Crippen LogP contribution >= 0.6 is 0 Å². The molecule has 1 N–H and O–H groups in total. The molecule has 0 saturated carbocycles. The third-order valence-corrected chi connectivity index (χ3v) is 4.86. The normalized spacial score (nSPS) is 16.6. The Kier molecular flexibility index (Phi) is 6.36. The lowest BCUT2D eigenvalue weighted by Gasteiger charge is -2.32. The van der Waals surface area contributed by atoms with E-state index in [1.54, 1.807) is 21.3 Å². The van der Waals surface area contributed by atoms with Crippen LogP contribution in [0.5, 0.6) is 17.2 Å². The third kappa shape index (κ3) is 3.94. The second-order valence-electron chi connectivity index (χ2n) is 6.41. The molecule has 1 aliphatic heterocycles. The predicted molar refractivity (Wildman–Crippen MR) is 103 cm³/mol. The van der Waals surface area contributed by atoms with E-state index in [9.17, 15) is 0 Å². The van der Waals surface area contributed by atoms with E-state index in [0.29, 0.717) is 17.2 Å². The van der Waals surface area contributed by atoms with Crippen molar-refractivity contribution in [1.29, 1.82) is 0 Å². The minimum Gasteiger partial charge on any atom is -0.493 e. The minimum atomic E-state index is 0.143. The lowest BCUT2D eigenvalue weighted by atomic mass is 9.96. The Bertz CT molecular complexity index is 673. The van der Waals surface area contributed by atoms with Gasteiger partial charge in [0.05, 0.1) is 27.4 Å². The topological polar surface area (TPSA) is 43.0 Å². The van der Waals surface area contributed by atoms with Crippen LogP contribution in [0.15, 0.2) is 42.5 Å². The van der Waals surface area contributed by atoms with Gasteiger partial charge in [-0.2, -0.15) is 0 Å². The fourth-order valence-corrected chi connectivity index (χ4v) is 3.63. The Labute approximate surface area is 155 Å². The predicted octanol–water partition coefficient (Wildman–Crippen LogP) is 3.10. The summed E-state index contributed by atoms with van der Waals surface area (Å²) in [5.41, 5.74) is 2.41. The Morgan fingerprint density at radius 1 is 0.846 bits per heavy atom. The van der Waals surface area contributed by atoms with Crippen molar-refractivity contribution in [3.05, 3.63) is 53.6 Å². The molecule has 140 valence electrons. The average Bonchev–Trinajstić information content (AvgIpc) is 2.97. The molecule has 5 heteroatoms. The molecule has 26 heavy (non-hydrogen) atoms. The van der Waals surface area contributed by atoms with Crippen molar-refractivity contribution in [2.24, 2.45) is 0 Å². The highest BCUT2D eigenvalue weighted by molar-refractivity contribution is 5.55. The van der Waals surface area contributed by atoms with Crippen molar-refractivity contribution in [3.63, 3.8) is 0 Å². The summed E-state index contributed by atoms with van der Waals surface area (Å²) < 4.78 is 16.7. The maximum absolute atomic E-state index is 5.58. The van der Waals surface area contributed by atoms with Crippen molar-refractivity contribution in [2.45, 2.75) is 12.5 Å². The third-order valence-electron chi connectivity index (χ3n) is 4.86. The highest BCUT2D eigenvalue weighted by atomic mass is 16.5. The van der Waals surface area contributed by atoms with Crippen LogP contribution in [-0.2, 0) is 0 Å². The number of hydrogen-bond acceptors (Lipinski definition) is 5. The zero-order chi connectivity index (χ0) is 18.4. The maximum atomic E-state index is 5.58. The second-order valence-corrected chi connectivity index (χ2v) is 6.41. The van der Waals surface area contributed by atoms with Crippen LogP contribution < -0.4 is 19.5 Å². The van der Waals surface area contributed by atoms with Gasteiger partial charge in [0.15, 0.2) is 11.5 Å². The standard InChI is InChI=1S/C21H28N2O3/c1-24-18-14-17(15-19(25-2)21(18)26-3)20(16-8-5-4-6-9-16)23-12-7-10-22-11-13-23/h4-6,8-9,14-15,20,22H,7,10-13H2,1-3H3/t20-/m0/s1. The largest absolute Gasteiger partial charge is 0.493 e. The summed E-state index contributed by atoms with van der Waals surface area (Å²) in [5, 5.41) is 3.49. The SMILES string of the molecule is COc1cc([C@H](c2ccccc2)N2CCCNCC2)cc(OC)c1OC. The van der Waals surface area contributed by atoms with Gasteiger partial charge in [-0.1, -0.05) is 30.3 Å². The molecule has 1 fully saturated rings. The second kappa shape index (κ2) is 8.92. The Morgan fingerprint density at radius 2 is 1.54 bits per heavy atom. The summed E-state index contributed by atoms with van der Waals surface area (Å²) in [7, 11) is 4.96. The van der Waals surface area contributed by atoms with Gasteiger partial charge in [-0.05, 0) is 36.2 Å². The number of methoxy groups -OCH3 is 3. The highest BCUT2D eigenvalue weighted by Crippen LogP contribution is 2.42. The van der Waals surface area contributed by atoms with E-state index in [4.69, 9.17) is 14.2 Å². The first kappa shape index (κ1) is 18.5. The van der Waals surface area contributed by atoms with Gasteiger partial charge in [0.25, 0.3) is 0 Å². The Morgan fingerprint density at radius 3 is 2.15 bits per heavy atom. The molecule has 0 aliphatic carbocycles. The quantitative estimate of drug-likeness (QED) is 0.862. The zero-order valence-electron chi connectivity index (χ0n) is 15.8. The minimum absolute atomic E-state index is 0.143. The molecule has 1 heterocycles. The summed E-state index contributed by atoms with van der Waals surface area (Å²) >= 11 is 0. The van der Waals surface area contributed by atoms with Crippen LogP contribution in [-0.4, -0.2) is 52.4 Å². The number of nitrogens with zero attached hydrogens (tertiary/aromatic N) is 1. The fourth-order valence-electron chi connectivity index (χ4n) is 3.63. The molecule has 2 aromatic carbocycles. The van der Waals surface area contributed by atoms with Gasteiger partial charge in [0, 0.05) is 19.6 Å². The van der Waals surface area contributed by atoms with E-state index in [1.165, 1.54) is 5.56 Å². The highest BCUT2D eigenvalue weighted by Gasteiger charge is 2.26. The van der Waals surface area contributed by atoms with Crippen LogP contribution in [0.25, 0.3) is 0 Å². The molecule has 0 aromatic heterocycles. The van der Waals surface area contributed by atoms with E-state index in [1.807, 2.05) is 0 Å². The molecule has 1 atom stereocenters. The molecule has 5 nitrogen and oxygen atoms in total. The first-order valence-electron chi connectivity index (χ1n) is 9.08. The molecular weight excluding hydrogens is 328 g/mol. The first-order chi connectivity index (χ1) is 12.8. The van der Waals surface area contributed by atoms with Gasteiger partial charge in [-0.15, -0.1) is 0 Å². The Balaban J connectivity index is 2.09. The van der Waals surface area contributed by atoms with Gasteiger partial charge >= 0.3 is 0 Å². The molecule has 1 saturated heterocycles. The van der Waals surface area contributed by atoms with E-state index >= 15 is 0 Å². The van der Waals surface area contributed by atoms with E-state index in [2.05, 4.69) is 52.7 Å². The number of hydrogen-bond donors (Lipinski definition) is 1. The molecule has 3 rings (SSSR count). The van der Waals surface area contributed by atoms with Crippen LogP contribution in [0.1, 0.15) is 23.6 Å². The summed E-state index contributed by atoms with van der Waals surface area (Å²) in [6.45, 7) is 4.10. The number of nitrogens with one attached hydrogen (secondary N) is 1. The van der Waals surface area contributed by atoms with Crippen molar-refractivity contribution in [2.75, 3.05) is 47.5 Å².